The van der Waals surface area contributed by atoms with E-state index in [2.05, 4.69) is 50.3 Å². The Morgan fingerprint density at radius 2 is 1.28 bits per heavy atom. The summed E-state index contributed by atoms with van der Waals surface area (Å²) < 4.78 is 21.8. The normalized spacial score (nSPS) is 22.8. The monoisotopic (exact) mass is 652 g/mol. The van der Waals surface area contributed by atoms with Crippen LogP contribution in [0.2, 0.25) is 0 Å². The fraction of sp³-hybridized carbons (Fsp3) is 0.722. The van der Waals surface area contributed by atoms with E-state index >= 15 is 0 Å². The molecule has 1 aliphatic heterocycles. The summed E-state index contributed by atoms with van der Waals surface area (Å²) in [7, 11) is 0. The lowest BCUT2D eigenvalue weighted by Gasteiger charge is -2.39. The van der Waals surface area contributed by atoms with Gasteiger partial charge in [0.25, 0.3) is 0 Å². The summed E-state index contributed by atoms with van der Waals surface area (Å²) in [6.07, 6.45) is 21.6. The highest BCUT2D eigenvalue weighted by molar-refractivity contribution is 5.70. The molecule has 0 aliphatic carbocycles. The number of ether oxygens (including phenoxy) is 4. The zero-order valence-corrected chi connectivity index (χ0v) is 28.0. The third kappa shape index (κ3) is 20.0. The number of aliphatic hydroxyl groups excluding tert-OH is 4. The molecule has 0 amide bonds. The second kappa shape index (κ2) is 27.7. The van der Waals surface area contributed by atoms with Crippen molar-refractivity contribution in [2.24, 2.45) is 0 Å². The summed E-state index contributed by atoms with van der Waals surface area (Å²) in [4.78, 5) is 24.9. The summed E-state index contributed by atoms with van der Waals surface area (Å²) in [6.45, 7) is 3.15. The number of rotatable bonds is 26. The predicted molar refractivity (Wildman–Crippen MR) is 178 cm³/mol. The van der Waals surface area contributed by atoms with Crippen LogP contribution in [0.3, 0.4) is 0 Å². The summed E-state index contributed by atoms with van der Waals surface area (Å²) in [5, 5.41) is 39.7. The Hall–Kier alpha value is -2.34. The van der Waals surface area contributed by atoms with Crippen LogP contribution in [0.25, 0.3) is 0 Å². The molecule has 10 heteroatoms. The lowest BCUT2D eigenvalue weighted by molar-refractivity contribution is -0.305. The molecule has 0 spiro atoms. The van der Waals surface area contributed by atoms with Gasteiger partial charge in [-0.3, -0.25) is 9.59 Å². The molecule has 1 fully saturated rings. The van der Waals surface area contributed by atoms with Crippen molar-refractivity contribution in [3.8, 4) is 0 Å². The Morgan fingerprint density at radius 1 is 0.696 bits per heavy atom. The fourth-order valence-corrected chi connectivity index (χ4v) is 4.73. The number of aliphatic hydroxyl groups is 4. The highest BCUT2D eigenvalue weighted by atomic mass is 16.7. The van der Waals surface area contributed by atoms with Crippen molar-refractivity contribution in [2.45, 2.75) is 147 Å². The maximum Gasteiger partial charge on any atom is 0.306 e. The highest BCUT2D eigenvalue weighted by Crippen LogP contribution is 2.22. The van der Waals surface area contributed by atoms with Gasteiger partial charge in [0.1, 0.15) is 31.0 Å². The van der Waals surface area contributed by atoms with Crippen LogP contribution < -0.4 is 0 Å². The molecule has 1 rings (SSSR count). The van der Waals surface area contributed by atoms with Crippen LogP contribution in [0.5, 0.6) is 0 Å². The molecule has 0 bridgehead atoms. The van der Waals surface area contributed by atoms with E-state index < -0.39 is 55.4 Å². The van der Waals surface area contributed by atoms with Gasteiger partial charge in [0.05, 0.1) is 13.2 Å². The van der Waals surface area contributed by atoms with Crippen molar-refractivity contribution >= 4 is 11.9 Å². The minimum absolute atomic E-state index is 0.108. The lowest BCUT2D eigenvalue weighted by atomic mass is 9.99. The number of esters is 2. The average molecular weight is 653 g/mol. The molecule has 0 radical (unpaired) electrons. The zero-order valence-electron chi connectivity index (χ0n) is 28.0. The molecule has 264 valence electrons. The molecule has 6 atom stereocenters. The van der Waals surface area contributed by atoms with Gasteiger partial charge in [-0.2, -0.15) is 0 Å². The topological polar surface area (TPSA) is 152 Å². The lowest BCUT2D eigenvalue weighted by Crippen LogP contribution is -2.59. The SMILES string of the molecule is CC/C=C\C/C=C\C/C=C\C/C=C\CCC(=O)OC(COC(=O)CCCCCCCCCC)COC1OC(CO)C(O)C(O)C1O. The third-order valence-electron chi connectivity index (χ3n) is 7.49. The van der Waals surface area contributed by atoms with Crippen molar-refractivity contribution in [2.75, 3.05) is 19.8 Å². The number of allylic oxidation sites excluding steroid dienone is 8. The van der Waals surface area contributed by atoms with E-state index in [4.69, 9.17) is 18.9 Å². The van der Waals surface area contributed by atoms with Crippen molar-refractivity contribution < 1.29 is 49.0 Å². The molecule has 1 aliphatic rings. The maximum absolute atomic E-state index is 12.6. The average Bonchev–Trinajstić information content (AvgIpc) is 3.05. The summed E-state index contributed by atoms with van der Waals surface area (Å²) in [6, 6.07) is 0. The minimum atomic E-state index is -1.60. The zero-order chi connectivity index (χ0) is 33.8. The van der Waals surface area contributed by atoms with Crippen LogP contribution >= 0.6 is 0 Å². The number of carbonyl (C=O) groups excluding carboxylic acids is 2. The maximum atomic E-state index is 12.6. The second-order valence-corrected chi connectivity index (χ2v) is 11.6. The quantitative estimate of drug-likeness (QED) is 0.0545. The van der Waals surface area contributed by atoms with Crippen molar-refractivity contribution in [1.29, 1.82) is 0 Å². The van der Waals surface area contributed by atoms with Crippen LogP contribution in [0, 0.1) is 0 Å². The van der Waals surface area contributed by atoms with E-state index in [1.807, 2.05) is 12.2 Å². The molecule has 0 aromatic heterocycles. The summed E-state index contributed by atoms with van der Waals surface area (Å²) in [5.74, 6) is -0.913. The van der Waals surface area contributed by atoms with E-state index in [0.29, 0.717) is 12.8 Å². The molecule has 0 aromatic rings. The van der Waals surface area contributed by atoms with E-state index in [0.717, 1.165) is 44.9 Å². The van der Waals surface area contributed by atoms with Crippen LogP contribution in [0.15, 0.2) is 48.6 Å². The second-order valence-electron chi connectivity index (χ2n) is 11.6. The predicted octanol–water partition coefficient (Wildman–Crippen LogP) is 5.37. The summed E-state index contributed by atoms with van der Waals surface area (Å²) >= 11 is 0. The Labute approximate surface area is 276 Å². The third-order valence-corrected chi connectivity index (χ3v) is 7.49. The van der Waals surface area contributed by atoms with Crippen molar-refractivity contribution in [3.05, 3.63) is 48.6 Å². The van der Waals surface area contributed by atoms with E-state index in [-0.39, 0.29) is 26.1 Å². The molecule has 4 N–H and O–H groups in total. The highest BCUT2D eigenvalue weighted by Gasteiger charge is 2.44. The van der Waals surface area contributed by atoms with Gasteiger partial charge in [0, 0.05) is 12.8 Å². The fourth-order valence-electron chi connectivity index (χ4n) is 4.73. The number of carbonyl (C=O) groups is 2. The van der Waals surface area contributed by atoms with Gasteiger partial charge >= 0.3 is 11.9 Å². The van der Waals surface area contributed by atoms with Crippen molar-refractivity contribution in [1.82, 2.24) is 0 Å². The Balaban J connectivity index is 2.52. The first-order chi connectivity index (χ1) is 22.3. The van der Waals surface area contributed by atoms with Gasteiger partial charge in [-0.05, 0) is 38.5 Å². The van der Waals surface area contributed by atoms with E-state index in [1.165, 1.54) is 25.7 Å². The van der Waals surface area contributed by atoms with Crippen LogP contribution in [0.1, 0.15) is 110 Å². The van der Waals surface area contributed by atoms with Gasteiger partial charge in [-0.15, -0.1) is 0 Å². The van der Waals surface area contributed by atoms with Gasteiger partial charge in [0.15, 0.2) is 12.4 Å². The first-order valence-corrected chi connectivity index (χ1v) is 17.2. The van der Waals surface area contributed by atoms with Gasteiger partial charge < -0.3 is 39.4 Å². The largest absolute Gasteiger partial charge is 0.462 e. The molecule has 46 heavy (non-hydrogen) atoms. The Kier molecular flexibility index (Phi) is 25.1. The summed E-state index contributed by atoms with van der Waals surface area (Å²) in [5.41, 5.74) is 0. The Bertz CT molecular complexity index is 897. The molecule has 0 saturated carbocycles. The molecule has 1 heterocycles. The standard InChI is InChI=1S/C36H60O10/c1-3-5-7-9-11-13-14-15-16-17-19-21-23-25-32(39)45-29(27-43-31(38)24-22-20-18-12-10-8-6-4-2)28-44-36-35(42)34(41)33(40)30(26-37)46-36/h5,7,11,13,15-16,19,21,29-30,33-37,40-42H,3-4,6,8-10,12,14,17-18,20,22-28H2,1-2H3/b7-5-,13-11-,16-15-,21-19-. The molecule has 1 saturated heterocycles. The molecular weight excluding hydrogens is 592 g/mol. The van der Waals surface area contributed by atoms with Crippen molar-refractivity contribution in [3.63, 3.8) is 0 Å². The smallest absolute Gasteiger partial charge is 0.306 e. The van der Waals surface area contributed by atoms with Gasteiger partial charge in [-0.25, -0.2) is 0 Å². The first-order valence-electron chi connectivity index (χ1n) is 17.2. The van der Waals surface area contributed by atoms with Crippen LogP contribution in [-0.4, -0.2) is 89.0 Å². The number of hydrogen-bond acceptors (Lipinski definition) is 10. The molecule has 10 nitrogen and oxygen atoms in total. The molecule has 6 unspecified atom stereocenters. The number of unbranched alkanes of at least 4 members (excludes halogenated alkanes) is 7. The Morgan fingerprint density at radius 3 is 1.89 bits per heavy atom. The van der Waals surface area contributed by atoms with E-state index in [1.54, 1.807) is 0 Å². The van der Waals surface area contributed by atoms with E-state index in [9.17, 15) is 30.0 Å². The molecule has 0 aromatic carbocycles. The van der Waals surface area contributed by atoms with Gasteiger partial charge in [-0.1, -0.05) is 107 Å². The first kappa shape index (κ1) is 41.7. The van der Waals surface area contributed by atoms with Gasteiger partial charge in [0.2, 0.25) is 0 Å². The minimum Gasteiger partial charge on any atom is -0.462 e. The number of hydrogen-bond donors (Lipinski definition) is 4. The molecular formula is C36H60O10. The van der Waals surface area contributed by atoms with Crippen LogP contribution in [0.4, 0.5) is 0 Å². The van der Waals surface area contributed by atoms with Crippen LogP contribution in [-0.2, 0) is 28.5 Å².